The van der Waals surface area contributed by atoms with Gasteiger partial charge in [0.15, 0.2) is 35.6 Å². The zero-order chi connectivity index (χ0) is 75.0. The molecule has 0 radical (unpaired) electrons. The van der Waals surface area contributed by atoms with Crippen LogP contribution in [0.3, 0.4) is 0 Å². The lowest BCUT2D eigenvalue weighted by molar-refractivity contribution is -0.364. The SMILES string of the molecule is COc1cc([C@@H]2c3cc4c(cc3[C@@H](OC3OC5COC(C)OC5C(O)C3O)[C@H]3COC(=O)[C@H]23)OCO4)cc(OC)c1OC(=O)N(C)CCNC(=O)CNC(=O)C(CC(C)C)NC(=O)C(Cc1ccccc1)NC(=O)CNC(=O)COCCOCCOCCNC(=O)OCC1c2ccccc2-c2ccccc21. The molecule has 31 heteroatoms. The van der Waals surface area contributed by atoms with Gasteiger partial charge in [0.1, 0.15) is 49.7 Å². The predicted octanol–water partition coefficient (Wildman–Crippen LogP) is 3.26. The number of aliphatic hydroxyl groups excluding tert-OH is 2. The number of methoxy groups -OCH3 is 2. The number of hydrogen-bond donors (Lipinski definition) is 8. The lowest BCUT2D eigenvalue weighted by atomic mass is 9.66. The van der Waals surface area contributed by atoms with Crippen molar-refractivity contribution in [2.24, 2.45) is 17.8 Å². The maximum Gasteiger partial charge on any atom is 0.415 e. The molecule has 0 bridgehead atoms. The van der Waals surface area contributed by atoms with Gasteiger partial charge in [-0.05, 0) is 88.0 Å². The number of esters is 1. The highest BCUT2D eigenvalue weighted by Gasteiger charge is 2.56. The van der Waals surface area contributed by atoms with Crippen molar-refractivity contribution in [1.82, 2.24) is 36.8 Å². The van der Waals surface area contributed by atoms with Crippen molar-refractivity contribution in [2.75, 3.05) is 120 Å². The first-order valence-corrected chi connectivity index (χ1v) is 35.3. The highest BCUT2D eigenvalue weighted by Crippen LogP contribution is 2.57. The van der Waals surface area contributed by atoms with Gasteiger partial charge in [0.2, 0.25) is 42.1 Å². The molecule has 2 aliphatic carbocycles. The second kappa shape index (κ2) is 36.5. The van der Waals surface area contributed by atoms with E-state index in [0.29, 0.717) is 33.8 Å². The minimum atomic E-state index is -1.54. The minimum Gasteiger partial charge on any atom is -0.493 e. The number of rotatable bonds is 34. The third kappa shape index (κ3) is 19.1. The van der Waals surface area contributed by atoms with Gasteiger partial charge in [-0.3, -0.25) is 28.8 Å². The number of cyclic esters (lactones) is 1. The van der Waals surface area contributed by atoms with E-state index < -0.39 is 134 Å². The maximum atomic E-state index is 14.0. The van der Waals surface area contributed by atoms with E-state index >= 15 is 0 Å². The van der Waals surface area contributed by atoms with Crippen LogP contribution in [0.4, 0.5) is 9.59 Å². The van der Waals surface area contributed by atoms with E-state index in [1.165, 1.54) is 26.2 Å². The summed E-state index contributed by atoms with van der Waals surface area (Å²) in [6, 6.07) is 29.4. The number of ether oxygens (including phenoxy) is 14. The summed E-state index contributed by atoms with van der Waals surface area (Å²) >= 11 is 0. The second-order valence-corrected chi connectivity index (χ2v) is 26.6. The summed E-state index contributed by atoms with van der Waals surface area (Å²) < 4.78 is 81.1. The zero-order valence-corrected chi connectivity index (χ0v) is 59.7. The van der Waals surface area contributed by atoms with Crippen molar-refractivity contribution >= 4 is 47.7 Å². The van der Waals surface area contributed by atoms with Crippen molar-refractivity contribution < 1.29 is 115 Å². The smallest absolute Gasteiger partial charge is 0.415 e. The van der Waals surface area contributed by atoms with Crippen LogP contribution in [0.25, 0.3) is 11.1 Å². The molecule has 8 N–H and O–H groups in total. The number of aliphatic hydroxyl groups is 2. The molecule has 3 saturated heterocycles. The largest absolute Gasteiger partial charge is 0.493 e. The number of alkyl carbamates (subject to hydrolysis) is 1. The Kier molecular flexibility index (Phi) is 26.7. The quantitative estimate of drug-likeness (QED) is 0.0216. The fourth-order valence-corrected chi connectivity index (χ4v) is 13.8. The molecule has 6 aliphatic rings. The van der Waals surface area contributed by atoms with Crippen LogP contribution in [0.5, 0.6) is 28.7 Å². The van der Waals surface area contributed by atoms with Gasteiger partial charge in [-0.1, -0.05) is 92.7 Å². The monoisotopic (exact) mass is 1470 g/mol. The van der Waals surface area contributed by atoms with Gasteiger partial charge in [-0.25, -0.2) is 9.59 Å². The average Bonchev–Trinajstić information content (AvgIpc) is 1.44. The lowest BCUT2D eigenvalue weighted by Gasteiger charge is -2.47. The summed E-state index contributed by atoms with van der Waals surface area (Å²) in [5.74, 6) is -5.49. The van der Waals surface area contributed by atoms with Gasteiger partial charge in [0.25, 0.3) is 0 Å². The van der Waals surface area contributed by atoms with Gasteiger partial charge in [-0.2, -0.15) is 0 Å². The summed E-state index contributed by atoms with van der Waals surface area (Å²) in [5.41, 5.74) is 6.86. The Morgan fingerprint density at radius 2 is 1.30 bits per heavy atom. The zero-order valence-electron chi connectivity index (χ0n) is 59.7. The number of fused-ring (bicyclic) bond motifs is 7. The highest BCUT2D eigenvalue weighted by molar-refractivity contribution is 5.94. The summed E-state index contributed by atoms with van der Waals surface area (Å²) in [6.45, 7) is 5.12. The first kappa shape index (κ1) is 77.4. The molecule has 0 spiro atoms. The van der Waals surface area contributed by atoms with Gasteiger partial charge < -0.3 is 113 Å². The van der Waals surface area contributed by atoms with Crippen LogP contribution < -0.4 is 55.6 Å². The second-order valence-electron chi connectivity index (χ2n) is 26.6. The average molecular weight is 1470 g/mol. The predicted molar refractivity (Wildman–Crippen MR) is 373 cm³/mol. The van der Waals surface area contributed by atoms with Crippen LogP contribution in [0.1, 0.15) is 78.5 Å². The standard InChI is InChI=1S/C75H91N7O24/c1-41(2)28-53(81-71(89)54(29-43-14-8-7-9-15-43)80-61(84)35-78-62(85)39-97-27-26-96-25-24-95-23-21-77-74(91)100-36-51-47-18-12-10-16-45(47)46-17-11-13-19-48(46)51)70(88)79-34-60(83)76-20-22-82(4)75(92)106-68-57(93-5)30-44(31-58(68)94-6)63-49-32-55-56(102-40-101-55)33-50(49)67(52-37-99-72(90)64(52)63)105-73-66(87)65(86)69-59(104-73)38-98-42(3)103-69/h7-19,30-33,41-42,51-54,59,63-67,69,73,86-87H,20-29,34-40H2,1-6H3,(H,76,83)(H,77,91)(H,78,85)(H,79,88)(H,80,84)(H,81,89)/t42?,52-,53?,54?,59?,63+,64-,65?,66?,67+,69?,73?/m0/s1. The van der Waals surface area contributed by atoms with Gasteiger partial charge in [-0.15, -0.1) is 0 Å². The van der Waals surface area contributed by atoms with E-state index in [4.69, 9.17) is 66.3 Å². The fraction of sp³-hybridized carbons (Fsp3) is 0.493. The molecule has 0 aromatic heterocycles. The molecular formula is C75H91N7O24. The molecule has 31 nitrogen and oxygen atoms in total. The minimum absolute atomic E-state index is 0.0306. The Labute approximate surface area is 612 Å². The van der Waals surface area contributed by atoms with Crippen LogP contribution in [0.2, 0.25) is 0 Å². The number of amides is 7. The van der Waals surface area contributed by atoms with Gasteiger partial charge in [0, 0.05) is 50.9 Å². The summed E-state index contributed by atoms with van der Waals surface area (Å²) in [5, 5.41) is 38.4. The number of nitrogens with one attached hydrogen (secondary N) is 6. The molecule has 12 atom stereocenters. The Bertz CT molecular complexity index is 3850. The fourth-order valence-electron chi connectivity index (χ4n) is 13.8. The van der Waals surface area contributed by atoms with Crippen molar-refractivity contribution in [3.05, 3.63) is 137 Å². The molecule has 106 heavy (non-hydrogen) atoms. The van der Waals surface area contributed by atoms with Gasteiger partial charge in [0.05, 0.1) is 85.6 Å². The van der Waals surface area contributed by atoms with Crippen molar-refractivity contribution in [1.29, 1.82) is 0 Å². The van der Waals surface area contributed by atoms with E-state index in [-0.39, 0.29) is 128 Å². The number of carbonyl (C=O) groups is 8. The van der Waals surface area contributed by atoms with Crippen LogP contribution in [-0.4, -0.2) is 232 Å². The van der Waals surface area contributed by atoms with E-state index in [9.17, 15) is 48.6 Å². The van der Waals surface area contributed by atoms with Crippen molar-refractivity contribution in [2.45, 2.75) is 101 Å². The Balaban J connectivity index is 0.602. The summed E-state index contributed by atoms with van der Waals surface area (Å²) in [6.07, 6.45) is -8.76. The molecule has 570 valence electrons. The maximum absolute atomic E-state index is 14.0. The molecule has 3 fully saturated rings. The third-order valence-corrected chi connectivity index (χ3v) is 19.0. The topological polar surface area (TPSA) is 382 Å². The van der Waals surface area contributed by atoms with E-state index in [2.05, 4.69) is 56.2 Å². The van der Waals surface area contributed by atoms with Crippen LogP contribution in [0.15, 0.2) is 103 Å². The molecule has 4 aliphatic heterocycles. The third-order valence-electron chi connectivity index (χ3n) is 19.0. The number of carbonyl (C=O) groups excluding carboxylic acids is 8. The number of nitrogens with zero attached hydrogens (tertiary/aromatic N) is 1. The molecule has 5 aromatic carbocycles. The van der Waals surface area contributed by atoms with E-state index in [1.807, 2.05) is 38.1 Å². The number of likely N-dealkylation sites (N-methyl/N-ethyl adjacent to an activating group) is 1. The van der Waals surface area contributed by atoms with Crippen LogP contribution in [-0.2, 0) is 77.8 Å². The Morgan fingerprint density at radius 1 is 0.651 bits per heavy atom. The van der Waals surface area contributed by atoms with Crippen molar-refractivity contribution in [3.8, 4) is 39.9 Å². The van der Waals surface area contributed by atoms with Crippen LogP contribution in [0, 0.1) is 17.8 Å². The van der Waals surface area contributed by atoms with Crippen LogP contribution >= 0.6 is 0 Å². The number of benzene rings is 5. The normalized spacial score (nSPS) is 22.1. The first-order chi connectivity index (χ1) is 51.3. The molecule has 11 rings (SSSR count). The molecule has 8 unspecified atom stereocenters. The lowest BCUT2D eigenvalue weighted by Crippen LogP contribution is -2.63. The van der Waals surface area contributed by atoms with E-state index in [1.54, 1.807) is 61.5 Å². The summed E-state index contributed by atoms with van der Waals surface area (Å²) in [7, 11) is 4.16. The summed E-state index contributed by atoms with van der Waals surface area (Å²) in [4.78, 5) is 108. The van der Waals surface area contributed by atoms with E-state index in [0.717, 1.165) is 22.3 Å². The van der Waals surface area contributed by atoms with Crippen molar-refractivity contribution in [3.63, 3.8) is 0 Å². The Hall–Kier alpha value is -9.70. The molecular weight excluding hydrogens is 1380 g/mol. The van der Waals surface area contributed by atoms with Gasteiger partial charge >= 0.3 is 18.2 Å². The first-order valence-electron chi connectivity index (χ1n) is 35.3. The highest BCUT2D eigenvalue weighted by atomic mass is 16.8. The molecule has 0 saturated carbocycles. The number of hydrogen-bond acceptors (Lipinski definition) is 24. The molecule has 5 aromatic rings. The molecule has 7 amide bonds. The Morgan fingerprint density at radius 3 is 1.99 bits per heavy atom. The molecule has 4 heterocycles.